The summed E-state index contributed by atoms with van der Waals surface area (Å²) in [4.78, 5) is 20.3. The van der Waals surface area contributed by atoms with Gasteiger partial charge in [0.05, 0.1) is 0 Å². The van der Waals surface area contributed by atoms with Crippen molar-refractivity contribution in [1.82, 2.24) is 5.32 Å². The molecule has 1 heterocycles. The molecule has 0 amide bonds. The number of hydrogen-bond donors (Lipinski definition) is 1. The van der Waals surface area contributed by atoms with Crippen LogP contribution in [-0.4, -0.2) is 37.8 Å². The number of aldehydes is 1. The van der Waals surface area contributed by atoms with Crippen LogP contribution >= 0.6 is 0 Å². The summed E-state index contributed by atoms with van der Waals surface area (Å²) >= 11 is 0. The first-order valence-corrected chi connectivity index (χ1v) is 11.5. The highest BCUT2D eigenvalue weighted by Gasteiger charge is 2.51. The second-order valence-corrected chi connectivity index (χ2v) is 8.88. The van der Waals surface area contributed by atoms with Gasteiger partial charge in [-0.15, -0.1) is 0 Å². The smallest absolute Gasteiger partial charge is 0.446 e. The minimum atomic E-state index is -4.64. The Morgan fingerprint density at radius 3 is 2.78 bits per heavy atom. The predicted molar refractivity (Wildman–Crippen MR) is 113 cm³/mol. The first-order chi connectivity index (χ1) is 15.3. The molecule has 3 atom stereocenters. The topological polar surface area (TPSA) is 64.6 Å². The summed E-state index contributed by atoms with van der Waals surface area (Å²) in [7, 11) is 0. The van der Waals surface area contributed by atoms with Gasteiger partial charge in [0.1, 0.15) is 5.75 Å². The van der Waals surface area contributed by atoms with Gasteiger partial charge in [-0.25, -0.2) is 0 Å². The fourth-order valence-corrected chi connectivity index (χ4v) is 5.55. The van der Waals surface area contributed by atoms with E-state index in [9.17, 15) is 18.0 Å². The van der Waals surface area contributed by atoms with E-state index in [2.05, 4.69) is 24.4 Å². The molecule has 1 N–H and O–H groups in total. The zero-order chi connectivity index (χ0) is 23.2. The van der Waals surface area contributed by atoms with Crippen molar-refractivity contribution in [2.45, 2.75) is 82.3 Å². The Morgan fingerprint density at radius 1 is 1.28 bits per heavy atom. The fraction of sp³-hybridized carbons (Fsp3) is 0.667. The predicted octanol–water partition coefficient (Wildman–Crippen LogP) is 4.85. The molecule has 8 heteroatoms. The Hall–Kier alpha value is -2.09. The number of esters is 1. The third-order valence-electron chi connectivity index (χ3n) is 6.93. The lowest BCUT2D eigenvalue weighted by Crippen LogP contribution is -2.59. The summed E-state index contributed by atoms with van der Waals surface area (Å²) in [6.07, 6.45) is 4.36. The highest BCUT2D eigenvalue weighted by molar-refractivity contribution is 5.69. The molecule has 5 nitrogen and oxygen atoms in total. The molecule has 0 radical (unpaired) electrons. The molecule has 32 heavy (non-hydrogen) atoms. The van der Waals surface area contributed by atoms with Crippen LogP contribution in [0.1, 0.15) is 69.4 Å². The SMILES string of the molecule is CCCCC(=O)OCOc1ccc2c(c1)[C@]13CCCC[C@@H]1[C@H](C2)NCC3.O=CC(F)(F)F. The van der Waals surface area contributed by atoms with Gasteiger partial charge in [0, 0.05) is 17.9 Å². The monoisotopic (exact) mass is 455 g/mol. The van der Waals surface area contributed by atoms with E-state index in [4.69, 9.17) is 14.3 Å². The number of nitrogens with one attached hydrogen (secondary N) is 1. The van der Waals surface area contributed by atoms with E-state index in [0.29, 0.717) is 17.9 Å². The quantitative estimate of drug-likeness (QED) is 0.377. The molecule has 1 aliphatic heterocycles. The van der Waals surface area contributed by atoms with Gasteiger partial charge in [0.25, 0.3) is 0 Å². The van der Waals surface area contributed by atoms with Crippen molar-refractivity contribution >= 4 is 12.3 Å². The van der Waals surface area contributed by atoms with Crippen LogP contribution in [0.5, 0.6) is 5.75 Å². The Labute approximate surface area is 187 Å². The Morgan fingerprint density at radius 2 is 2.06 bits per heavy atom. The van der Waals surface area contributed by atoms with E-state index < -0.39 is 12.5 Å². The molecule has 0 unspecified atom stereocenters. The van der Waals surface area contributed by atoms with E-state index in [1.807, 2.05) is 6.07 Å². The molecule has 1 saturated carbocycles. The van der Waals surface area contributed by atoms with Crippen LogP contribution in [-0.2, 0) is 26.2 Å². The van der Waals surface area contributed by atoms with Crippen molar-refractivity contribution in [3.63, 3.8) is 0 Å². The van der Waals surface area contributed by atoms with Crippen LogP contribution < -0.4 is 10.1 Å². The number of carbonyl (C=O) groups is 2. The first kappa shape index (κ1) is 24.6. The third-order valence-corrected chi connectivity index (χ3v) is 6.93. The molecule has 3 aliphatic rings. The van der Waals surface area contributed by atoms with Crippen LogP contribution in [0.25, 0.3) is 0 Å². The number of hydrogen-bond acceptors (Lipinski definition) is 5. The van der Waals surface area contributed by atoms with E-state index in [1.54, 1.807) is 0 Å². The summed E-state index contributed by atoms with van der Waals surface area (Å²) in [5, 5.41) is 3.77. The summed E-state index contributed by atoms with van der Waals surface area (Å²) in [6, 6.07) is 7.15. The molecule has 4 rings (SSSR count). The molecule has 2 aliphatic carbocycles. The number of rotatable bonds is 6. The maximum absolute atomic E-state index is 11.6. The molecule has 1 saturated heterocycles. The number of piperidine rings is 1. The van der Waals surface area contributed by atoms with Gasteiger partial charge < -0.3 is 14.8 Å². The average molecular weight is 456 g/mol. The minimum absolute atomic E-state index is 0.0158. The third kappa shape index (κ3) is 5.82. The summed E-state index contributed by atoms with van der Waals surface area (Å²) in [6.45, 7) is 3.21. The molecule has 0 spiro atoms. The van der Waals surface area contributed by atoms with Gasteiger partial charge in [-0.3, -0.25) is 9.59 Å². The number of unbranched alkanes of at least 4 members (excludes halogenated alkanes) is 1. The van der Waals surface area contributed by atoms with Crippen molar-refractivity contribution in [3.05, 3.63) is 29.3 Å². The Balaban J connectivity index is 0.000000427. The number of benzene rings is 1. The van der Waals surface area contributed by atoms with Crippen molar-refractivity contribution < 1.29 is 32.2 Å². The largest absolute Gasteiger partial charge is 0.457 e. The second-order valence-electron chi connectivity index (χ2n) is 8.88. The average Bonchev–Trinajstić information content (AvgIpc) is 2.78. The highest BCUT2D eigenvalue weighted by atomic mass is 19.4. The van der Waals surface area contributed by atoms with E-state index in [1.165, 1.54) is 43.2 Å². The summed E-state index contributed by atoms with van der Waals surface area (Å²) in [5.41, 5.74) is 3.32. The van der Waals surface area contributed by atoms with E-state index in [-0.39, 0.29) is 12.8 Å². The Kier molecular flexibility index (Phi) is 8.20. The molecule has 0 aromatic heterocycles. The number of carbonyl (C=O) groups excluding carboxylic acids is 2. The first-order valence-electron chi connectivity index (χ1n) is 11.5. The van der Waals surface area contributed by atoms with E-state index >= 15 is 0 Å². The van der Waals surface area contributed by atoms with Crippen LogP contribution in [0.15, 0.2) is 18.2 Å². The van der Waals surface area contributed by atoms with Gasteiger partial charge in [0.15, 0.2) is 0 Å². The lowest BCUT2D eigenvalue weighted by molar-refractivity contribution is -0.156. The van der Waals surface area contributed by atoms with Crippen molar-refractivity contribution in [3.8, 4) is 5.75 Å². The molecular formula is C24H32F3NO4. The van der Waals surface area contributed by atoms with Gasteiger partial charge >= 0.3 is 12.1 Å². The number of halogens is 3. The van der Waals surface area contributed by atoms with Gasteiger partial charge in [-0.2, -0.15) is 13.2 Å². The maximum Gasteiger partial charge on any atom is 0.446 e. The lowest BCUT2D eigenvalue weighted by Gasteiger charge is -2.56. The normalized spacial score (nSPS) is 26.0. The van der Waals surface area contributed by atoms with Crippen LogP contribution in [0.2, 0.25) is 0 Å². The van der Waals surface area contributed by atoms with Crippen molar-refractivity contribution in [2.24, 2.45) is 5.92 Å². The number of alkyl halides is 3. The molecule has 1 aromatic carbocycles. The van der Waals surface area contributed by atoms with Gasteiger partial charge in [0.2, 0.25) is 13.1 Å². The molecule has 2 fully saturated rings. The number of fused-ring (bicyclic) bond motifs is 1. The Bertz CT molecular complexity index is 794. The fourth-order valence-electron chi connectivity index (χ4n) is 5.55. The summed E-state index contributed by atoms with van der Waals surface area (Å²) < 4.78 is 42.2. The molecule has 2 bridgehead atoms. The highest BCUT2D eigenvalue weighted by Crippen LogP contribution is 2.54. The minimum Gasteiger partial charge on any atom is -0.457 e. The molecule has 1 aromatic rings. The van der Waals surface area contributed by atoms with Crippen LogP contribution in [0.4, 0.5) is 13.2 Å². The zero-order valence-corrected chi connectivity index (χ0v) is 18.5. The zero-order valence-electron chi connectivity index (χ0n) is 18.5. The number of ether oxygens (including phenoxy) is 2. The van der Waals surface area contributed by atoms with E-state index in [0.717, 1.165) is 37.5 Å². The van der Waals surface area contributed by atoms with Gasteiger partial charge in [-0.05, 0) is 67.8 Å². The lowest BCUT2D eigenvalue weighted by atomic mass is 9.53. The van der Waals surface area contributed by atoms with Crippen LogP contribution in [0, 0.1) is 5.92 Å². The maximum atomic E-state index is 11.6. The molecular weight excluding hydrogens is 423 g/mol. The summed E-state index contributed by atoms with van der Waals surface area (Å²) in [5.74, 6) is 1.43. The molecule has 178 valence electrons. The van der Waals surface area contributed by atoms with Gasteiger partial charge in [-0.1, -0.05) is 32.3 Å². The standard InChI is InChI=1S/C22H31NO3.C2HF3O/c1-2-3-7-21(24)26-15-25-17-9-8-16-13-20-18-6-4-5-10-22(18,11-12-23-20)19(16)14-17;3-2(4,5)1-6/h8-9,14,18,20,23H,2-7,10-13,15H2,1H3;1H/t18-,20+,22+;/m1./s1. The second kappa shape index (κ2) is 10.7. The van der Waals surface area contributed by atoms with Crippen molar-refractivity contribution in [1.29, 1.82) is 0 Å². The van der Waals surface area contributed by atoms with Crippen molar-refractivity contribution in [2.75, 3.05) is 13.3 Å². The van der Waals surface area contributed by atoms with Crippen LogP contribution in [0.3, 0.4) is 0 Å².